The number of fused-ring (bicyclic) bond motifs is 2. The minimum Gasteiger partial charge on any atom is -0.462 e. The van der Waals surface area contributed by atoms with Crippen molar-refractivity contribution in [2.75, 3.05) is 39.3 Å². The molecule has 5 aliphatic heterocycles. The van der Waals surface area contributed by atoms with E-state index in [1.54, 1.807) is 92.8 Å². The summed E-state index contributed by atoms with van der Waals surface area (Å²) >= 11 is 0. The van der Waals surface area contributed by atoms with Crippen molar-refractivity contribution in [1.29, 1.82) is 0 Å². The molecule has 0 aromatic rings. The second-order valence-electron chi connectivity index (χ2n) is 23.4. The molecular weight excluding hydrogens is 1100 g/mol. The maximum atomic E-state index is 14.2. The molecule has 4 fully saturated rings. The number of aliphatic hydroxyl groups excluding tert-OH is 12. The van der Waals surface area contributed by atoms with Crippen molar-refractivity contribution in [3.05, 3.63) is 85.1 Å². The zero-order chi connectivity index (χ0) is 61.7. The number of allylic oxidation sites excluding steroid dienone is 12. The Hall–Kier alpha value is -3.68. The fraction of sp³-hybridized carbons (Fsp3) is 0.733. The van der Waals surface area contributed by atoms with E-state index in [0.717, 1.165) is 32.4 Å². The highest BCUT2D eigenvalue weighted by atomic mass is 16.7. The third-order valence-electron chi connectivity index (χ3n) is 16.4. The van der Waals surface area contributed by atoms with Gasteiger partial charge in [0.2, 0.25) is 11.7 Å². The van der Waals surface area contributed by atoms with Gasteiger partial charge in [-0.25, -0.2) is 0 Å². The molecule has 5 heterocycles. The number of carbonyl (C=O) groups is 2. The van der Waals surface area contributed by atoms with E-state index in [2.05, 4.69) is 15.5 Å². The van der Waals surface area contributed by atoms with Gasteiger partial charge in [0.25, 0.3) is 0 Å². The molecule has 5 rings (SSSR count). The standard InChI is InChI=1S/C60H97N3O21/c1-36-20-16-13-11-9-7-5-6-8-10-12-14-17-21-43(83-58-55(75)51(53(73)39(4)82-58)62-35-60(79)56(76)54(74)47(70)34-80-60)31-48-50(57(77)61-24-27-63-25-18-15-19-26-63)46(69)33-59(78,84-48)32-42(66)29-45(68)44(67)23-22-40(64)28-41(65)30-49(71)81-38(3)37(2)52(36)72/h5-14,16-17,20-21,36-48,50-56,58,62,64-70,72-76,78-79H,15,18-19,22-35H2,1-4H3,(H,61,77)/b6-5+,9-7+,10-8+,13-11+,14-12+,20-16+,21-17+/t36-,37?,38-,39+,40+,41+,42-,43-,44+,45+,46-,47+,48?,50?,51-,52+,53+,54+,55-,56-,58?,59+,60+/m0/s1. The van der Waals surface area contributed by atoms with Crippen LogP contribution in [0.25, 0.3) is 0 Å². The molecule has 2 bridgehead atoms. The molecule has 4 unspecified atom stereocenters. The molecule has 5 aliphatic rings. The smallest absolute Gasteiger partial charge is 0.308 e. The zero-order valence-corrected chi connectivity index (χ0v) is 48.8. The summed E-state index contributed by atoms with van der Waals surface area (Å²) in [4.78, 5) is 29.2. The van der Waals surface area contributed by atoms with Crippen LogP contribution < -0.4 is 10.6 Å². The molecule has 0 saturated carbocycles. The SMILES string of the molecule is CC1[C@H](C)OC(=O)C[C@H](O)C[C@H](O)CC[C@@H](O)[C@H](O)C[C@H](O)C[C@]2(O)C[C@H](O)C(C(=O)NCCN3CCCCC3)C(C[C@@H](OC3O[C@H](C)[C@@H](O)[C@H](NC[C@@]4(O)OC[C@@H](O)[C@@H](O)[C@@H]4O)[C@@H]3O)/C=C/C=C/C=C/C=C/C=C/C=C/C=C/[C@H](C)[C@H]1O)O2. The van der Waals surface area contributed by atoms with Crippen molar-refractivity contribution in [3.8, 4) is 0 Å². The molecule has 24 nitrogen and oxygen atoms in total. The zero-order valence-electron chi connectivity index (χ0n) is 48.8. The number of hydrogen-bond donors (Lipinski definition) is 16. The van der Waals surface area contributed by atoms with Gasteiger partial charge in [-0.15, -0.1) is 0 Å². The number of carbonyl (C=O) groups excluding carboxylic acids is 2. The van der Waals surface area contributed by atoms with E-state index in [1.807, 2.05) is 13.0 Å². The molecule has 0 aliphatic carbocycles. The molecule has 0 radical (unpaired) electrons. The number of nitrogens with one attached hydrogen (secondary N) is 2. The summed E-state index contributed by atoms with van der Waals surface area (Å²) in [6.45, 7) is 7.98. The summed E-state index contributed by atoms with van der Waals surface area (Å²) < 4.78 is 29.5. The van der Waals surface area contributed by atoms with Crippen molar-refractivity contribution in [2.24, 2.45) is 17.8 Å². The van der Waals surface area contributed by atoms with Gasteiger partial charge in [-0.1, -0.05) is 105 Å². The van der Waals surface area contributed by atoms with Crippen LogP contribution >= 0.6 is 0 Å². The van der Waals surface area contributed by atoms with Crippen LogP contribution in [0.5, 0.6) is 0 Å². The Bertz CT molecular complexity index is 2190. The van der Waals surface area contributed by atoms with Gasteiger partial charge in [-0.3, -0.25) is 9.59 Å². The lowest BCUT2D eigenvalue weighted by atomic mass is 9.82. The maximum absolute atomic E-state index is 14.2. The number of cyclic esters (lactones) is 1. The first-order chi connectivity index (χ1) is 39.8. The van der Waals surface area contributed by atoms with Crippen LogP contribution in [-0.2, 0) is 33.3 Å². The van der Waals surface area contributed by atoms with Crippen molar-refractivity contribution < 1.29 is 105 Å². The fourth-order valence-electron chi connectivity index (χ4n) is 11.1. The number of amides is 1. The molecule has 478 valence electrons. The minimum absolute atomic E-state index is 0.126. The Balaban J connectivity index is 1.42. The van der Waals surface area contributed by atoms with Crippen molar-refractivity contribution in [3.63, 3.8) is 0 Å². The molecule has 0 spiro atoms. The number of piperidine rings is 1. The first-order valence-corrected chi connectivity index (χ1v) is 29.7. The van der Waals surface area contributed by atoms with E-state index in [1.165, 1.54) is 6.92 Å². The van der Waals surface area contributed by atoms with Gasteiger partial charge in [0.15, 0.2) is 12.1 Å². The maximum Gasteiger partial charge on any atom is 0.308 e. The highest BCUT2D eigenvalue weighted by Gasteiger charge is 2.53. The van der Waals surface area contributed by atoms with Gasteiger partial charge in [0.1, 0.15) is 30.5 Å². The first kappa shape index (κ1) is 71.1. The van der Waals surface area contributed by atoms with E-state index in [4.69, 9.17) is 23.7 Å². The summed E-state index contributed by atoms with van der Waals surface area (Å²) in [6.07, 6.45) is 0.371. The van der Waals surface area contributed by atoms with Crippen molar-refractivity contribution in [2.45, 2.75) is 220 Å². The number of hydrogen-bond acceptors (Lipinski definition) is 23. The summed E-state index contributed by atoms with van der Waals surface area (Å²) in [5.74, 6) is -8.30. The number of esters is 1. The van der Waals surface area contributed by atoms with Crippen LogP contribution in [-0.4, -0.2) is 249 Å². The van der Waals surface area contributed by atoms with E-state index in [-0.39, 0.29) is 38.1 Å². The van der Waals surface area contributed by atoms with E-state index in [9.17, 15) is 81.1 Å². The van der Waals surface area contributed by atoms with Crippen molar-refractivity contribution in [1.82, 2.24) is 15.5 Å². The van der Waals surface area contributed by atoms with Gasteiger partial charge in [-0.05, 0) is 59.0 Å². The molecule has 4 saturated heterocycles. The lowest BCUT2D eigenvalue weighted by Crippen LogP contribution is -2.69. The van der Waals surface area contributed by atoms with Gasteiger partial charge >= 0.3 is 5.97 Å². The Morgan fingerprint density at radius 1 is 0.655 bits per heavy atom. The van der Waals surface area contributed by atoms with Crippen LogP contribution in [0.15, 0.2) is 85.1 Å². The number of rotatable bonds is 9. The first-order valence-electron chi connectivity index (χ1n) is 29.7. The van der Waals surface area contributed by atoms with E-state index >= 15 is 0 Å². The third kappa shape index (κ3) is 22.2. The number of nitrogens with zero attached hydrogens (tertiary/aromatic N) is 1. The van der Waals surface area contributed by atoms with Gasteiger partial charge in [0.05, 0.1) is 98.7 Å². The van der Waals surface area contributed by atoms with Crippen LogP contribution in [0.4, 0.5) is 0 Å². The summed E-state index contributed by atoms with van der Waals surface area (Å²) in [7, 11) is 0. The second-order valence-corrected chi connectivity index (χ2v) is 23.4. The Morgan fingerprint density at radius 3 is 1.92 bits per heavy atom. The second kappa shape index (κ2) is 34.8. The molecular formula is C60H97N3O21. The lowest BCUT2D eigenvalue weighted by Gasteiger charge is -2.47. The van der Waals surface area contributed by atoms with Crippen LogP contribution in [0, 0.1) is 17.8 Å². The van der Waals surface area contributed by atoms with E-state index in [0.29, 0.717) is 6.54 Å². The molecule has 16 N–H and O–H groups in total. The summed E-state index contributed by atoms with van der Waals surface area (Å²) in [5.41, 5.74) is 0. The normalized spacial score (nSPS) is 44.7. The highest BCUT2D eigenvalue weighted by molar-refractivity contribution is 5.80. The van der Waals surface area contributed by atoms with Gasteiger partial charge in [-0.2, -0.15) is 0 Å². The average molecular weight is 1200 g/mol. The largest absolute Gasteiger partial charge is 0.462 e. The predicted molar refractivity (Wildman–Crippen MR) is 305 cm³/mol. The topological polar surface area (TPSA) is 391 Å². The molecule has 0 aromatic heterocycles. The highest BCUT2D eigenvalue weighted by Crippen LogP contribution is 2.39. The number of ether oxygens (including phenoxy) is 5. The van der Waals surface area contributed by atoms with Crippen molar-refractivity contribution >= 4 is 11.9 Å². The molecule has 1 amide bonds. The minimum atomic E-state index is -2.46. The van der Waals surface area contributed by atoms with Gasteiger partial charge in [0, 0.05) is 50.6 Å². The van der Waals surface area contributed by atoms with E-state index < -0.39 is 184 Å². The molecule has 24 heteroatoms. The molecule has 84 heavy (non-hydrogen) atoms. The lowest BCUT2D eigenvalue weighted by molar-refractivity contribution is -0.323. The third-order valence-corrected chi connectivity index (χ3v) is 16.4. The fourth-order valence-corrected chi connectivity index (χ4v) is 11.1. The van der Waals surface area contributed by atoms with Gasteiger partial charge < -0.3 is 111 Å². The summed E-state index contributed by atoms with van der Waals surface area (Å²) in [6, 6.07) is -1.34. The predicted octanol–water partition coefficient (Wildman–Crippen LogP) is -1.34. The summed E-state index contributed by atoms with van der Waals surface area (Å²) in [5, 5.41) is 160. The number of aliphatic hydroxyl groups is 14. The Morgan fingerprint density at radius 2 is 1.27 bits per heavy atom. The molecule has 23 atom stereocenters. The Kier molecular flexibility index (Phi) is 29.4. The quantitative estimate of drug-likeness (QED) is 0.119. The average Bonchev–Trinajstić information content (AvgIpc) is 1.75. The molecule has 0 aromatic carbocycles. The van der Waals surface area contributed by atoms with Crippen LogP contribution in [0.1, 0.15) is 98.3 Å². The monoisotopic (exact) mass is 1200 g/mol. The van der Waals surface area contributed by atoms with Crippen LogP contribution in [0.2, 0.25) is 0 Å². The van der Waals surface area contributed by atoms with Crippen LogP contribution in [0.3, 0.4) is 0 Å². The Labute approximate surface area is 492 Å². The number of likely N-dealkylation sites (tertiary alicyclic amines) is 1.